The topological polar surface area (TPSA) is 85.7 Å². The Labute approximate surface area is 148 Å². The van der Waals surface area contributed by atoms with E-state index in [4.69, 9.17) is 33.3 Å². The van der Waals surface area contributed by atoms with Crippen LogP contribution in [0.3, 0.4) is 0 Å². The third-order valence-electron chi connectivity index (χ3n) is 3.07. The Bertz CT molecular complexity index is 785. The molecule has 0 aliphatic rings. The van der Waals surface area contributed by atoms with Gasteiger partial charge in [-0.15, -0.1) is 0 Å². The molecule has 0 aliphatic heterocycles. The van der Waals surface area contributed by atoms with Gasteiger partial charge in [-0.25, -0.2) is 0 Å². The number of halogens is 1. The summed E-state index contributed by atoms with van der Waals surface area (Å²) in [5, 5.41) is 17.0. The lowest BCUT2D eigenvalue weighted by atomic mass is 10.2. The van der Waals surface area contributed by atoms with Gasteiger partial charge in [-0.05, 0) is 30.4 Å². The number of thiocarbonyl (C=S) groups is 1. The summed E-state index contributed by atoms with van der Waals surface area (Å²) in [5.41, 5.74) is 0.988. The molecule has 0 amide bonds. The number of rotatable bonds is 5. The number of ether oxygens (including phenoxy) is 2. The Morgan fingerprint density at radius 3 is 2.38 bits per heavy atom. The van der Waals surface area contributed by atoms with Crippen LogP contribution in [0.4, 0.5) is 17.1 Å². The minimum Gasteiger partial charge on any atom is -0.497 e. The summed E-state index contributed by atoms with van der Waals surface area (Å²) in [5.74, 6) is 1.20. The monoisotopic (exact) mass is 367 g/mol. The number of benzene rings is 2. The van der Waals surface area contributed by atoms with Gasteiger partial charge in [0.2, 0.25) is 0 Å². The third-order valence-corrected chi connectivity index (χ3v) is 3.59. The summed E-state index contributed by atoms with van der Waals surface area (Å²) in [7, 11) is 3.09. The molecule has 2 aromatic carbocycles. The molecule has 2 N–H and O–H groups in total. The minimum atomic E-state index is -0.519. The van der Waals surface area contributed by atoms with Crippen LogP contribution in [0.5, 0.6) is 11.5 Å². The second-order valence-corrected chi connectivity index (χ2v) is 5.38. The zero-order valence-electron chi connectivity index (χ0n) is 12.8. The highest BCUT2D eigenvalue weighted by Gasteiger charge is 2.11. The lowest BCUT2D eigenvalue weighted by Gasteiger charge is -2.15. The van der Waals surface area contributed by atoms with Crippen LogP contribution >= 0.6 is 23.8 Å². The van der Waals surface area contributed by atoms with E-state index in [1.807, 2.05) is 0 Å². The van der Waals surface area contributed by atoms with E-state index in [9.17, 15) is 10.1 Å². The normalized spacial score (nSPS) is 9.96. The molecule has 0 saturated heterocycles. The quantitative estimate of drug-likeness (QED) is 0.468. The molecule has 0 aromatic heterocycles. The first-order valence-electron chi connectivity index (χ1n) is 6.68. The van der Waals surface area contributed by atoms with Crippen molar-refractivity contribution >= 4 is 46.0 Å². The van der Waals surface area contributed by atoms with Gasteiger partial charge in [0.15, 0.2) is 5.11 Å². The molecular weight excluding hydrogens is 354 g/mol. The molecule has 9 heteroatoms. The van der Waals surface area contributed by atoms with Gasteiger partial charge < -0.3 is 20.1 Å². The fourth-order valence-electron chi connectivity index (χ4n) is 1.90. The van der Waals surface area contributed by atoms with E-state index < -0.39 is 4.92 Å². The van der Waals surface area contributed by atoms with Crippen LogP contribution in [0.1, 0.15) is 0 Å². The molecule has 2 aromatic rings. The molecule has 0 saturated carbocycles. The van der Waals surface area contributed by atoms with Gasteiger partial charge in [0, 0.05) is 18.2 Å². The smallest absolute Gasteiger partial charge is 0.271 e. The van der Waals surface area contributed by atoms with E-state index in [0.717, 1.165) is 0 Å². The number of nitrogens with zero attached hydrogens (tertiary/aromatic N) is 1. The summed E-state index contributed by atoms with van der Waals surface area (Å²) in [6.45, 7) is 0. The summed E-state index contributed by atoms with van der Waals surface area (Å²) >= 11 is 11.3. The maximum Gasteiger partial charge on any atom is 0.271 e. The van der Waals surface area contributed by atoms with E-state index in [1.165, 1.54) is 25.3 Å². The first-order chi connectivity index (χ1) is 11.4. The number of anilines is 2. The minimum absolute atomic E-state index is 0.0961. The number of nitro benzene ring substituents is 1. The number of nitrogens with one attached hydrogen (secondary N) is 2. The van der Waals surface area contributed by atoms with Gasteiger partial charge in [-0.2, -0.15) is 0 Å². The van der Waals surface area contributed by atoms with Crippen LogP contribution in [0.2, 0.25) is 5.02 Å². The van der Waals surface area contributed by atoms with E-state index in [0.29, 0.717) is 22.9 Å². The lowest BCUT2D eigenvalue weighted by molar-refractivity contribution is -0.384. The van der Waals surface area contributed by atoms with Gasteiger partial charge in [0.1, 0.15) is 11.5 Å². The predicted molar refractivity (Wildman–Crippen MR) is 97.5 cm³/mol. The molecule has 0 heterocycles. The third kappa shape index (κ3) is 4.24. The van der Waals surface area contributed by atoms with Crippen LogP contribution in [0.25, 0.3) is 0 Å². The molecular formula is C15H14ClN3O4S. The summed E-state index contributed by atoms with van der Waals surface area (Å²) in [6.07, 6.45) is 0. The average Bonchev–Trinajstić information content (AvgIpc) is 2.56. The highest BCUT2D eigenvalue weighted by molar-refractivity contribution is 7.80. The molecule has 2 rings (SSSR count). The molecule has 24 heavy (non-hydrogen) atoms. The van der Waals surface area contributed by atoms with Crippen LogP contribution in [0.15, 0.2) is 36.4 Å². The molecule has 0 unspecified atom stereocenters. The van der Waals surface area contributed by atoms with Crippen molar-refractivity contribution in [3.63, 3.8) is 0 Å². The average molecular weight is 368 g/mol. The number of non-ortho nitro benzene ring substituents is 1. The SMILES string of the molecule is COc1ccc(NC(=S)Nc2ccc([N+](=O)[O-])cc2Cl)c(OC)c1. The summed E-state index contributed by atoms with van der Waals surface area (Å²) in [6, 6.07) is 9.30. The molecule has 7 nitrogen and oxygen atoms in total. The van der Waals surface area contributed by atoms with Crippen LogP contribution < -0.4 is 20.1 Å². The fourth-order valence-corrected chi connectivity index (χ4v) is 2.34. The number of hydrogen-bond acceptors (Lipinski definition) is 5. The largest absolute Gasteiger partial charge is 0.497 e. The fraction of sp³-hybridized carbons (Fsp3) is 0.133. The summed E-state index contributed by atoms with van der Waals surface area (Å²) in [4.78, 5) is 10.2. The Morgan fingerprint density at radius 1 is 1.12 bits per heavy atom. The van der Waals surface area contributed by atoms with E-state index in [1.54, 1.807) is 25.3 Å². The van der Waals surface area contributed by atoms with Crippen LogP contribution in [-0.2, 0) is 0 Å². The Morgan fingerprint density at radius 2 is 1.79 bits per heavy atom. The molecule has 0 aliphatic carbocycles. The number of nitro groups is 1. The van der Waals surface area contributed by atoms with Crippen molar-refractivity contribution < 1.29 is 14.4 Å². The van der Waals surface area contributed by atoms with Crippen molar-refractivity contribution in [3.8, 4) is 11.5 Å². The maximum absolute atomic E-state index is 10.7. The first kappa shape index (κ1) is 17.8. The van der Waals surface area contributed by atoms with Crippen LogP contribution in [-0.4, -0.2) is 24.3 Å². The number of methoxy groups -OCH3 is 2. The Kier molecular flexibility index (Phi) is 5.78. The molecule has 0 radical (unpaired) electrons. The first-order valence-corrected chi connectivity index (χ1v) is 7.47. The molecule has 0 atom stereocenters. The Balaban J connectivity index is 2.12. The van der Waals surface area contributed by atoms with E-state index in [2.05, 4.69) is 10.6 Å². The highest BCUT2D eigenvalue weighted by Crippen LogP contribution is 2.30. The van der Waals surface area contributed by atoms with Gasteiger partial charge >= 0.3 is 0 Å². The zero-order chi connectivity index (χ0) is 17.7. The lowest BCUT2D eigenvalue weighted by Crippen LogP contribution is -2.19. The molecule has 0 fully saturated rings. The molecule has 0 bridgehead atoms. The van der Waals surface area contributed by atoms with Crippen molar-refractivity contribution in [2.24, 2.45) is 0 Å². The van der Waals surface area contributed by atoms with Crippen molar-refractivity contribution in [2.75, 3.05) is 24.9 Å². The second kappa shape index (κ2) is 7.80. The highest BCUT2D eigenvalue weighted by atomic mass is 35.5. The summed E-state index contributed by atoms with van der Waals surface area (Å²) < 4.78 is 10.4. The van der Waals surface area contributed by atoms with Crippen molar-refractivity contribution in [3.05, 3.63) is 51.5 Å². The second-order valence-electron chi connectivity index (χ2n) is 4.57. The van der Waals surface area contributed by atoms with Gasteiger partial charge in [-0.3, -0.25) is 10.1 Å². The van der Waals surface area contributed by atoms with Crippen LogP contribution in [0, 0.1) is 10.1 Å². The van der Waals surface area contributed by atoms with Crippen molar-refractivity contribution in [1.82, 2.24) is 0 Å². The van der Waals surface area contributed by atoms with E-state index >= 15 is 0 Å². The molecule has 0 spiro atoms. The van der Waals surface area contributed by atoms with Crippen molar-refractivity contribution in [2.45, 2.75) is 0 Å². The Hall–Kier alpha value is -2.58. The van der Waals surface area contributed by atoms with Crippen molar-refractivity contribution in [1.29, 1.82) is 0 Å². The number of hydrogen-bond donors (Lipinski definition) is 2. The maximum atomic E-state index is 10.7. The predicted octanol–water partition coefficient (Wildman–Crippen LogP) is 4.07. The van der Waals surface area contributed by atoms with Gasteiger partial charge in [0.05, 0.1) is 35.5 Å². The van der Waals surface area contributed by atoms with Gasteiger partial charge in [0.25, 0.3) is 5.69 Å². The standard InChI is InChI=1S/C15H14ClN3O4S/c1-22-10-4-6-13(14(8-10)23-2)18-15(24)17-12-5-3-9(19(20)21)7-11(12)16/h3-8H,1-2H3,(H2,17,18,24). The zero-order valence-corrected chi connectivity index (χ0v) is 14.4. The molecule has 126 valence electrons. The van der Waals surface area contributed by atoms with E-state index in [-0.39, 0.29) is 15.8 Å². The van der Waals surface area contributed by atoms with Gasteiger partial charge in [-0.1, -0.05) is 11.6 Å².